The number of rotatable bonds is 9. The molecule has 0 spiro atoms. The quantitative estimate of drug-likeness (QED) is 0.265. The number of ether oxygens (including phenoxy) is 5. The van der Waals surface area contributed by atoms with Crippen LogP contribution >= 0.6 is 0 Å². The number of nitrogens with zero attached hydrogens (tertiary/aromatic N) is 2. The number of hydrogen-bond acceptors (Lipinski definition) is 11. The lowest BCUT2D eigenvalue weighted by Crippen LogP contribution is -2.67. The molecule has 2 aromatic rings. The SMILES string of the molecule is CCOC(=O)OC[C@H]1O[C@@](O)(Oc2nn(C(C)C)c(C)c2Cc2ccc(OC)c(F)c2F)[C@H](O)[C@@H](O)[C@@H]1O. The number of hydrogen-bond donors (Lipinski definition) is 4. The van der Waals surface area contributed by atoms with Crippen LogP contribution in [0.25, 0.3) is 0 Å². The second-order valence-corrected chi connectivity index (χ2v) is 8.95. The molecule has 38 heavy (non-hydrogen) atoms. The molecule has 1 saturated heterocycles. The van der Waals surface area contributed by atoms with E-state index in [0.29, 0.717) is 5.69 Å². The van der Waals surface area contributed by atoms with Gasteiger partial charge in [-0.15, -0.1) is 5.10 Å². The summed E-state index contributed by atoms with van der Waals surface area (Å²) in [7, 11) is 1.20. The molecule has 1 aromatic heterocycles. The molecule has 3 rings (SSSR count). The molecule has 0 radical (unpaired) electrons. The molecule has 1 aliphatic rings. The van der Waals surface area contributed by atoms with Crippen molar-refractivity contribution in [3.8, 4) is 11.6 Å². The van der Waals surface area contributed by atoms with Gasteiger partial charge in [-0.2, -0.15) is 4.39 Å². The number of methoxy groups -OCH3 is 1. The van der Waals surface area contributed by atoms with Crippen LogP contribution < -0.4 is 9.47 Å². The smallest absolute Gasteiger partial charge is 0.494 e. The van der Waals surface area contributed by atoms with Gasteiger partial charge in [0.25, 0.3) is 0 Å². The van der Waals surface area contributed by atoms with Gasteiger partial charge in [0.15, 0.2) is 17.7 Å². The van der Waals surface area contributed by atoms with Crippen molar-refractivity contribution in [1.82, 2.24) is 9.78 Å². The van der Waals surface area contributed by atoms with Crippen molar-refractivity contribution in [2.75, 3.05) is 20.3 Å². The van der Waals surface area contributed by atoms with E-state index >= 15 is 0 Å². The van der Waals surface area contributed by atoms with Crippen LogP contribution in [0.3, 0.4) is 0 Å². The summed E-state index contributed by atoms with van der Waals surface area (Å²) in [6, 6.07) is 2.34. The first kappa shape index (κ1) is 29.5. The van der Waals surface area contributed by atoms with Crippen LogP contribution in [-0.4, -0.2) is 87.1 Å². The van der Waals surface area contributed by atoms with Crippen molar-refractivity contribution in [2.24, 2.45) is 0 Å². The van der Waals surface area contributed by atoms with Crippen molar-refractivity contribution < 1.29 is 57.7 Å². The third-order valence-electron chi connectivity index (χ3n) is 6.06. The van der Waals surface area contributed by atoms with Crippen LogP contribution in [0.4, 0.5) is 13.6 Å². The van der Waals surface area contributed by atoms with Gasteiger partial charge in [-0.3, -0.25) is 4.68 Å². The zero-order valence-corrected chi connectivity index (χ0v) is 21.6. The highest BCUT2D eigenvalue weighted by molar-refractivity contribution is 5.59. The number of aliphatic hydroxyl groups is 4. The van der Waals surface area contributed by atoms with Crippen molar-refractivity contribution in [1.29, 1.82) is 0 Å². The summed E-state index contributed by atoms with van der Waals surface area (Å²) in [5.41, 5.74) is 0.612. The van der Waals surface area contributed by atoms with Crippen LogP contribution in [-0.2, 0) is 20.6 Å². The highest BCUT2D eigenvalue weighted by Crippen LogP contribution is 2.35. The zero-order valence-electron chi connectivity index (χ0n) is 21.6. The Balaban J connectivity index is 1.96. The molecule has 0 bridgehead atoms. The fraction of sp³-hybridized carbons (Fsp3) is 0.583. The Labute approximate surface area is 217 Å². The van der Waals surface area contributed by atoms with Gasteiger partial charge in [0, 0.05) is 23.7 Å². The minimum absolute atomic E-state index is 0.0145. The molecule has 4 N–H and O–H groups in total. The summed E-state index contributed by atoms with van der Waals surface area (Å²) >= 11 is 0. The Kier molecular flexibility index (Phi) is 9.15. The first-order valence-corrected chi connectivity index (χ1v) is 11.9. The fourth-order valence-electron chi connectivity index (χ4n) is 4.01. The topological polar surface area (TPSA) is 162 Å². The van der Waals surface area contributed by atoms with E-state index in [-0.39, 0.29) is 41.8 Å². The Bertz CT molecular complexity index is 1140. The van der Waals surface area contributed by atoms with E-state index in [2.05, 4.69) is 9.84 Å². The lowest BCUT2D eigenvalue weighted by atomic mass is 9.97. The van der Waals surface area contributed by atoms with Crippen LogP contribution in [0.2, 0.25) is 0 Å². The second kappa shape index (κ2) is 11.8. The Hall–Kier alpha value is -3.04. The van der Waals surface area contributed by atoms with E-state index < -0.39 is 54.8 Å². The van der Waals surface area contributed by atoms with Gasteiger partial charge in [0.05, 0.1) is 13.7 Å². The summed E-state index contributed by atoms with van der Waals surface area (Å²) < 4.78 is 55.7. The maximum Gasteiger partial charge on any atom is 0.508 e. The number of carbonyl (C=O) groups is 1. The van der Waals surface area contributed by atoms with Gasteiger partial charge in [-0.1, -0.05) is 6.07 Å². The van der Waals surface area contributed by atoms with Crippen molar-refractivity contribution >= 4 is 6.16 Å². The van der Waals surface area contributed by atoms with E-state index in [9.17, 15) is 34.0 Å². The third kappa shape index (κ3) is 5.83. The third-order valence-corrected chi connectivity index (χ3v) is 6.06. The Morgan fingerprint density at radius 1 is 1.18 bits per heavy atom. The lowest BCUT2D eigenvalue weighted by molar-refractivity contribution is -0.423. The van der Waals surface area contributed by atoms with Crippen molar-refractivity contribution in [3.63, 3.8) is 0 Å². The number of aliphatic hydroxyl groups excluding tert-OH is 3. The molecule has 1 aromatic carbocycles. The van der Waals surface area contributed by atoms with Crippen LogP contribution in [0.15, 0.2) is 12.1 Å². The monoisotopic (exact) mass is 546 g/mol. The fourth-order valence-corrected chi connectivity index (χ4v) is 4.01. The summed E-state index contributed by atoms with van der Waals surface area (Å²) in [5.74, 6) is -5.93. The van der Waals surface area contributed by atoms with Gasteiger partial charge < -0.3 is 44.1 Å². The predicted molar refractivity (Wildman–Crippen MR) is 125 cm³/mol. The molecule has 0 unspecified atom stereocenters. The number of halogens is 2. The molecular formula is C24H32F2N2O10. The lowest BCUT2D eigenvalue weighted by Gasteiger charge is -2.44. The van der Waals surface area contributed by atoms with E-state index in [1.807, 2.05) is 0 Å². The number of aromatic nitrogens is 2. The summed E-state index contributed by atoms with van der Waals surface area (Å²) in [6.45, 7) is 6.12. The molecule has 12 nitrogen and oxygen atoms in total. The molecule has 14 heteroatoms. The van der Waals surface area contributed by atoms with Crippen LogP contribution in [0.5, 0.6) is 11.6 Å². The van der Waals surface area contributed by atoms with Crippen LogP contribution in [0.1, 0.15) is 43.6 Å². The summed E-state index contributed by atoms with van der Waals surface area (Å²) in [5, 5.41) is 46.5. The number of benzene rings is 1. The first-order valence-electron chi connectivity index (χ1n) is 11.9. The van der Waals surface area contributed by atoms with Crippen LogP contribution in [0, 0.1) is 18.6 Å². The molecule has 212 valence electrons. The highest BCUT2D eigenvalue weighted by atomic mass is 19.2. The largest absolute Gasteiger partial charge is 0.508 e. The average molecular weight is 547 g/mol. The average Bonchev–Trinajstić information content (AvgIpc) is 3.17. The Morgan fingerprint density at radius 3 is 2.47 bits per heavy atom. The van der Waals surface area contributed by atoms with E-state index in [1.165, 1.54) is 23.9 Å². The van der Waals surface area contributed by atoms with Gasteiger partial charge in [0.1, 0.15) is 24.9 Å². The second-order valence-electron chi connectivity index (χ2n) is 8.95. The predicted octanol–water partition coefficient (Wildman–Crippen LogP) is 1.33. The minimum Gasteiger partial charge on any atom is -0.494 e. The number of carbonyl (C=O) groups excluding carboxylic acids is 1. The zero-order chi connectivity index (χ0) is 28.4. The molecule has 0 aliphatic carbocycles. The van der Waals surface area contributed by atoms with Crippen molar-refractivity contribution in [3.05, 3.63) is 40.6 Å². The molecule has 1 fully saturated rings. The van der Waals surface area contributed by atoms with E-state index in [1.54, 1.807) is 27.7 Å². The molecule has 0 amide bonds. The van der Waals surface area contributed by atoms with E-state index in [0.717, 1.165) is 0 Å². The van der Waals surface area contributed by atoms with Gasteiger partial charge in [-0.25, -0.2) is 9.18 Å². The van der Waals surface area contributed by atoms with Crippen molar-refractivity contribution in [2.45, 2.75) is 70.5 Å². The normalized spacial score (nSPS) is 25.4. The Morgan fingerprint density at radius 2 is 1.87 bits per heavy atom. The molecule has 2 heterocycles. The van der Waals surface area contributed by atoms with Gasteiger partial charge in [0.2, 0.25) is 11.7 Å². The minimum atomic E-state index is -2.98. The highest BCUT2D eigenvalue weighted by Gasteiger charge is 2.56. The maximum atomic E-state index is 14.8. The van der Waals surface area contributed by atoms with Gasteiger partial charge in [-0.05, 0) is 39.3 Å². The standard InChI is InChI=1S/C24H32F2N2O10/c1-6-35-23(32)36-10-16-19(29)20(30)21(31)24(33,37-16)38-22-14(12(4)28(27-22)11(2)3)9-13-7-8-15(34-5)18(26)17(13)25/h7-8,11,16,19-21,29-31,33H,6,9-10H2,1-5H3/t16-,19-,20+,21-,24-/m1/s1. The molecule has 0 saturated carbocycles. The molecule has 1 aliphatic heterocycles. The molecule has 5 atom stereocenters. The van der Waals surface area contributed by atoms with E-state index in [4.69, 9.17) is 18.9 Å². The first-order chi connectivity index (χ1) is 17.8. The maximum absolute atomic E-state index is 14.8. The van der Waals surface area contributed by atoms with Gasteiger partial charge >= 0.3 is 12.1 Å². The molecular weight excluding hydrogens is 514 g/mol. The summed E-state index contributed by atoms with van der Waals surface area (Å²) in [4.78, 5) is 11.5. The summed E-state index contributed by atoms with van der Waals surface area (Å²) in [6.07, 6.45) is -8.86.